The average Bonchev–Trinajstić information content (AvgIpc) is 2.26. The summed E-state index contributed by atoms with van der Waals surface area (Å²) in [6, 6.07) is 0. The average molecular weight is 269 g/mol. The van der Waals surface area contributed by atoms with Crippen LogP contribution in [0.1, 0.15) is 12.8 Å². The summed E-state index contributed by atoms with van der Waals surface area (Å²) in [6.07, 6.45) is 2.31. The van der Waals surface area contributed by atoms with Crippen molar-refractivity contribution in [3.8, 4) is 0 Å². The van der Waals surface area contributed by atoms with Gasteiger partial charge in [-0.15, -0.1) is 0 Å². The Bertz CT molecular complexity index is 103. The maximum atomic E-state index is 5.42. The first kappa shape index (κ1) is 16.0. The Hall–Kier alpha value is 0.970. The summed E-state index contributed by atoms with van der Waals surface area (Å²) in [5.74, 6) is 7.57. The van der Waals surface area contributed by atoms with E-state index in [4.69, 9.17) is 11.5 Å². The van der Waals surface area contributed by atoms with Crippen LogP contribution in [0.3, 0.4) is 0 Å². The number of hydrogen-bond donors (Lipinski definition) is 2. The van der Waals surface area contributed by atoms with Crippen molar-refractivity contribution in [2.75, 3.05) is 47.6 Å². The maximum Gasteiger partial charge on any atom is 0.00238 e. The van der Waals surface area contributed by atoms with Crippen molar-refractivity contribution in [2.24, 2.45) is 11.5 Å². The van der Waals surface area contributed by atoms with Crippen LogP contribution in [-0.4, -0.2) is 47.6 Å². The Kier molecular flexibility index (Phi) is 15.9. The van der Waals surface area contributed by atoms with Gasteiger partial charge in [0.1, 0.15) is 0 Å². The molecule has 0 unspecified atom stereocenters. The molecule has 92 valence electrons. The molecule has 0 atom stereocenters. The second-order valence-electron chi connectivity index (χ2n) is 3.12. The summed E-state index contributed by atoms with van der Waals surface area (Å²) in [4.78, 5) is 0. The minimum Gasteiger partial charge on any atom is -0.330 e. The van der Waals surface area contributed by atoms with Crippen LogP contribution in [-0.2, 0) is 0 Å². The van der Waals surface area contributed by atoms with Crippen molar-refractivity contribution in [3.05, 3.63) is 0 Å². The van der Waals surface area contributed by atoms with Gasteiger partial charge in [0.15, 0.2) is 0 Å². The first-order chi connectivity index (χ1) is 7.41. The summed E-state index contributed by atoms with van der Waals surface area (Å²) in [6.45, 7) is 1.66. The predicted octanol–water partition coefficient (Wildman–Crippen LogP) is 1.88. The molecule has 0 spiro atoms. The minimum absolute atomic E-state index is 0.831. The molecular formula is C10H24N2S3. The molecule has 0 aliphatic rings. The molecule has 0 radical (unpaired) electrons. The molecule has 0 saturated carbocycles. The van der Waals surface area contributed by atoms with Crippen molar-refractivity contribution >= 4 is 35.3 Å². The second kappa shape index (κ2) is 15.0. The van der Waals surface area contributed by atoms with Crippen LogP contribution in [0.2, 0.25) is 0 Å². The fraction of sp³-hybridized carbons (Fsp3) is 1.00. The lowest BCUT2D eigenvalue weighted by atomic mass is 10.5. The molecule has 0 heterocycles. The molecule has 0 aromatic heterocycles. The fourth-order valence-electron chi connectivity index (χ4n) is 0.913. The third-order valence-corrected chi connectivity index (χ3v) is 5.37. The number of hydrogen-bond acceptors (Lipinski definition) is 5. The highest BCUT2D eigenvalue weighted by Gasteiger charge is 1.92. The third-order valence-electron chi connectivity index (χ3n) is 1.73. The van der Waals surface area contributed by atoms with Crippen LogP contribution < -0.4 is 11.5 Å². The number of rotatable bonds is 12. The van der Waals surface area contributed by atoms with E-state index in [1.54, 1.807) is 0 Å². The molecule has 0 fully saturated rings. The van der Waals surface area contributed by atoms with Gasteiger partial charge in [0.05, 0.1) is 0 Å². The van der Waals surface area contributed by atoms with Crippen molar-refractivity contribution in [2.45, 2.75) is 12.8 Å². The topological polar surface area (TPSA) is 52.0 Å². The van der Waals surface area contributed by atoms with Gasteiger partial charge in [-0.2, -0.15) is 35.3 Å². The van der Waals surface area contributed by atoms with Crippen LogP contribution in [0.4, 0.5) is 0 Å². The van der Waals surface area contributed by atoms with E-state index in [-0.39, 0.29) is 0 Å². The van der Waals surface area contributed by atoms with E-state index in [1.165, 1.54) is 34.5 Å². The van der Waals surface area contributed by atoms with Crippen LogP contribution in [0.25, 0.3) is 0 Å². The summed E-state index contributed by atoms with van der Waals surface area (Å²) >= 11 is 6.12. The highest BCUT2D eigenvalue weighted by Crippen LogP contribution is 2.10. The molecule has 4 N–H and O–H groups in total. The Labute approximate surface area is 107 Å². The predicted molar refractivity (Wildman–Crippen MR) is 79.3 cm³/mol. The van der Waals surface area contributed by atoms with E-state index in [0.717, 1.165) is 25.9 Å². The normalized spacial score (nSPS) is 10.8. The number of thioether (sulfide) groups is 3. The van der Waals surface area contributed by atoms with Gasteiger partial charge in [0, 0.05) is 23.0 Å². The summed E-state index contributed by atoms with van der Waals surface area (Å²) < 4.78 is 0. The van der Waals surface area contributed by atoms with Crippen LogP contribution in [0, 0.1) is 0 Å². The van der Waals surface area contributed by atoms with Crippen LogP contribution in [0.5, 0.6) is 0 Å². The Morgan fingerprint density at radius 1 is 0.533 bits per heavy atom. The standard InChI is InChI=1S/C10H24N2S3/c11-3-1-5-13-7-9-15-10-8-14-6-2-4-12/h1-12H2. The van der Waals surface area contributed by atoms with E-state index in [2.05, 4.69) is 11.8 Å². The fourth-order valence-corrected chi connectivity index (χ4v) is 4.15. The first-order valence-corrected chi connectivity index (χ1v) is 9.01. The lowest BCUT2D eigenvalue weighted by Gasteiger charge is -2.02. The second-order valence-corrected chi connectivity index (χ2v) is 6.80. The maximum absolute atomic E-state index is 5.42. The van der Waals surface area contributed by atoms with E-state index in [9.17, 15) is 0 Å². The first-order valence-electron chi connectivity index (χ1n) is 5.55. The minimum atomic E-state index is 0.831. The largest absolute Gasteiger partial charge is 0.330 e. The highest BCUT2D eigenvalue weighted by atomic mass is 32.2. The zero-order valence-electron chi connectivity index (χ0n) is 9.45. The molecule has 0 rings (SSSR count). The lowest BCUT2D eigenvalue weighted by Crippen LogP contribution is -2.01. The molecule has 15 heavy (non-hydrogen) atoms. The van der Waals surface area contributed by atoms with Gasteiger partial charge in [0.2, 0.25) is 0 Å². The van der Waals surface area contributed by atoms with Crippen molar-refractivity contribution in [1.82, 2.24) is 0 Å². The molecule has 0 aliphatic heterocycles. The summed E-state index contributed by atoms with van der Waals surface area (Å²) in [5.41, 5.74) is 10.8. The zero-order valence-corrected chi connectivity index (χ0v) is 11.9. The lowest BCUT2D eigenvalue weighted by molar-refractivity contribution is 0.943. The van der Waals surface area contributed by atoms with Crippen molar-refractivity contribution < 1.29 is 0 Å². The molecule has 0 aliphatic carbocycles. The van der Waals surface area contributed by atoms with Gasteiger partial charge >= 0.3 is 0 Å². The van der Waals surface area contributed by atoms with Gasteiger partial charge < -0.3 is 11.5 Å². The van der Waals surface area contributed by atoms with Gasteiger partial charge in [0.25, 0.3) is 0 Å². The molecule has 0 amide bonds. The third kappa shape index (κ3) is 15.0. The van der Waals surface area contributed by atoms with Crippen molar-refractivity contribution in [3.63, 3.8) is 0 Å². The summed E-state index contributed by atoms with van der Waals surface area (Å²) in [5, 5.41) is 0. The molecule has 0 bridgehead atoms. The van der Waals surface area contributed by atoms with Gasteiger partial charge in [-0.1, -0.05) is 0 Å². The van der Waals surface area contributed by atoms with E-state index >= 15 is 0 Å². The van der Waals surface area contributed by atoms with Crippen LogP contribution in [0.15, 0.2) is 0 Å². The highest BCUT2D eigenvalue weighted by molar-refractivity contribution is 8.04. The Morgan fingerprint density at radius 2 is 0.867 bits per heavy atom. The van der Waals surface area contributed by atoms with E-state index < -0.39 is 0 Å². The SMILES string of the molecule is NCCCSCCSCCSCCCN. The number of nitrogens with two attached hydrogens (primary N) is 2. The Balaban J connectivity index is 2.81. The van der Waals surface area contributed by atoms with Gasteiger partial charge in [-0.05, 0) is 37.4 Å². The molecule has 0 aromatic carbocycles. The van der Waals surface area contributed by atoms with Gasteiger partial charge in [-0.3, -0.25) is 0 Å². The van der Waals surface area contributed by atoms with E-state index in [1.807, 2.05) is 23.5 Å². The molecule has 0 saturated heterocycles. The van der Waals surface area contributed by atoms with Crippen LogP contribution >= 0.6 is 35.3 Å². The van der Waals surface area contributed by atoms with Gasteiger partial charge in [-0.25, -0.2) is 0 Å². The monoisotopic (exact) mass is 268 g/mol. The molecule has 5 heteroatoms. The zero-order chi connectivity index (χ0) is 11.2. The molecule has 0 aromatic rings. The van der Waals surface area contributed by atoms with E-state index in [0.29, 0.717) is 0 Å². The molecular weight excluding hydrogens is 244 g/mol. The summed E-state index contributed by atoms with van der Waals surface area (Å²) in [7, 11) is 0. The van der Waals surface area contributed by atoms with Crippen molar-refractivity contribution in [1.29, 1.82) is 0 Å². The smallest absolute Gasteiger partial charge is 0.00238 e. The Morgan fingerprint density at radius 3 is 1.20 bits per heavy atom. The molecule has 2 nitrogen and oxygen atoms in total. The quantitative estimate of drug-likeness (QED) is 0.529.